The molecule has 0 radical (unpaired) electrons. The van der Waals surface area contributed by atoms with Gasteiger partial charge in [0.15, 0.2) is 0 Å². The van der Waals surface area contributed by atoms with Crippen LogP contribution in [0.3, 0.4) is 0 Å². The van der Waals surface area contributed by atoms with E-state index < -0.39 is 6.03 Å². The molecule has 6 nitrogen and oxygen atoms in total. The average molecular weight is 291 g/mol. The minimum atomic E-state index is -0.471. The lowest BCUT2D eigenvalue weighted by Crippen LogP contribution is -2.46. The normalized spacial score (nSPS) is 18.3. The number of carbonyl (C=O) groups excluding carboxylic acids is 2. The fourth-order valence-electron chi connectivity index (χ4n) is 2.52. The molecule has 0 aliphatic carbocycles. The molecule has 1 aromatic carbocycles. The first-order valence-corrected chi connectivity index (χ1v) is 7.15. The number of nitrogens with one attached hydrogen (secondary N) is 1. The van der Waals surface area contributed by atoms with Gasteiger partial charge in [-0.15, -0.1) is 0 Å². The number of anilines is 1. The van der Waals surface area contributed by atoms with Crippen molar-refractivity contribution in [3.05, 3.63) is 29.8 Å². The maximum absolute atomic E-state index is 12.2. The van der Waals surface area contributed by atoms with Crippen molar-refractivity contribution in [2.45, 2.75) is 19.3 Å². The lowest BCUT2D eigenvalue weighted by atomic mass is 9.97. The first-order chi connectivity index (χ1) is 10.1. The van der Waals surface area contributed by atoms with E-state index in [2.05, 4.69) is 5.32 Å². The molecule has 3 amide bonds. The molecule has 0 aromatic heterocycles. The van der Waals surface area contributed by atoms with E-state index in [1.54, 1.807) is 0 Å². The second kappa shape index (κ2) is 7.08. The number of aliphatic hydroxyl groups excluding tert-OH is 1. The Morgan fingerprint density at radius 2 is 2.05 bits per heavy atom. The zero-order valence-electron chi connectivity index (χ0n) is 11.9. The summed E-state index contributed by atoms with van der Waals surface area (Å²) in [7, 11) is 0. The second-order valence-corrected chi connectivity index (χ2v) is 5.28. The third kappa shape index (κ3) is 4.19. The highest BCUT2D eigenvalue weighted by atomic mass is 16.3. The molecule has 1 atom stereocenters. The third-order valence-corrected chi connectivity index (χ3v) is 3.73. The number of carbonyl (C=O) groups is 2. The average Bonchev–Trinajstić information content (AvgIpc) is 2.49. The second-order valence-electron chi connectivity index (χ2n) is 5.28. The standard InChI is InChI=1S/C15H21N3O3/c16-15(21)18-8-1-2-12(10-18)14(20)17-13-5-3-11(4-6-13)7-9-19/h3-6,12,19H,1-2,7-10H2,(H2,16,21)(H,17,20). The zero-order chi connectivity index (χ0) is 15.2. The molecule has 1 fully saturated rings. The SMILES string of the molecule is NC(=O)N1CCCC(C(=O)Nc2ccc(CCO)cc2)C1. The minimum absolute atomic E-state index is 0.0872. The van der Waals surface area contributed by atoms with Gasteiger partial charge in [-0.1, -0.05) is 12.1 Å². The smallest absolute Gasteiger partial charge is 0.314 e. The molecule has 1 unspecified atom stereocenters. The summed E-state index contributed by atoms with van der Waals surface area (Å²) in [5.74, 6) is -0.306. The van der Waals surface area contributed by atoms with Crippen LogP contribution in [0.15, 0.2) is 24.3 Å². The topological polar surface area (TPSA) is 95.7 Å². The Hall–Kier alpha value is -2.08. The van der Waals surface area contributed by atoms with E-state index in [1.807, 2.05) is 24.3 Å². The molecule has 21 heavy (non-hydrogen) atoms. The van der Waals surface area contributed by atoms with Crippen LogP contribution in [-0.2, 0) is 11.2 Å². The van der Waals surface area contributed by atoms with Crippen molar-refractivity contribution in [3.8, 4) is 0 Å². The molecule has 0 spiro atoms. The van der Waals surface area contributed by atoms with Crippen molar-refractivity contribution in [1.29, 1.82) is 0 Å². The first kappa shape index (κ1) is 15.3. The summed E-state index contributed by atoms with van der Waals surface area (Å²) in [5, 5.41) is 11.7. The molecule has 6 heteroatoms. The van der Waals surface area contributed by atoms with Crippen LogP contribution in [0.4, 0.5) is 10.5 Å². The third-order valence-electron chi connectivity index (χ3n) is 3.73. The lowest BCUT2D eigenvalue weighted by Gasteiger charge is -2.30. The van der Waals surface area contributed by atoms with Gasteiger partial charge in [0.05, 0.1) is 5.92 Å². The summed E-state index contributed by atoms with van der Waals surface area (Å²) >= 11 is 0. The van der Waals surface area contributed by atoms with E-state index in [-0.39, 0.29) is 18.4 Å². The van der Waals surface area contributed by atoms with Gasteiger partial charge in [-0.3, -0.25) is 4.79 Å². The van der Waals surface area contributed by atoms with Gasteiger partial charge >= 0.3 is 6.03 Å². The van der Waals surface area contributed by atoms with Crippen molar-refractivity contribution in [3.63, 3.8) is 0 Å². The van der Waals surface area contributed by atoms with Crippen molar-refractivity contribution >= 4 is 17.6 Å². The van der Waals surface area contributed by atoms with Gasteiger partial charge in [0.1, 0.15) is 0 Å². The number of primary amides is 1. The quantitative estimate of drug-likeness (QED) is 0.770. The number of hydrogen-bond donors (Lipinski definition) is 3. The fraction of sp³-hybridized carbons (Fsp3) is 0.467. The van der Waals surface area contributed by atoms with Crippen LogP contribution in [0.2, 0.25) is 0 Å². The summed E-state index contributed by atoms with van der Waals surface area (Å²) < 4.78 is 0. The molecule has 0 saturated carbocycles. The molecule has 4 N–H and O–H groups in total. The van der Waals surface area contributed by atoms with Gasteiger partial charge < -0.3 is 21.1 Å². The Morgan fingerprint density at radius 3 is 2.67 bits per heavy atom. The van der Waals surface area contributed by atoms with Crippen LogP contribution in [-0.4, -0.2) is 41.6 Å². The van der Waals surface area contributed by atoms with Gasteiger partial charge in [0.25, 0.3) is 0 Å². The number of amides is 3. The molecular weight excluding hydrogens is 270 g/mol. The van der Waals surface area contributed by atoms with E-state index in [4.69, 9.17) is 10.8 Å². The maximum Gasteiger partial charge on any atom is 0.314 e. The van der Waals surface area contributed by atoms with Crippen molar-refractivity contribution in [1.82, 2.24) is 4.90 Å². The molecule has 1 saturated heterocycles. The van der Waals surface area contributed by atoms with Crippen LogP contribution in [0, 0.1) is 5.92 Å². The van der Waals surface area contributed by atoms with Crippen molar-refractivity contribution < 1.29 is 14.7 Å². The highest BCUT2D eigenvalue weighted by Gasteiger charge is 2.27. The molecule has 1 aromatic rings. The van der Waals surface area contributed by atoms with Crippen LogP contribution in [0.1, 0.15) is 18.4 Å². The number of hydrogen-bond acceptors (Lipinski definition) is 3. The van der Waals surface area contributed by atoms with E-state index >= 15 is 0 Å². The number of urea groups is 1. The summed E-state index contributed by atoms with van der Waals surface area (Å²) in [6.45, 7) is 1.11. The number of benzene rings is 1. The van der Waals surface area contributed by atoms with Crippen LogP contribution in [0.25, 0.3) is 0 Å². The number of likely N-dealkylation sites (tertiary alicyclic amines) is 1. The predicted octanol–water partition coefficient (Wildman–Crippen LogP) is 0.951. The predicted molar refractivity (Wildman–Crippen MR) is 79.7 cm³/mol. The van der Waals surface area contributed by atoms with E-state index in [1.165, 1.54) is 4.90 Å². The molecule has 0 bridgehead atoms. The fourth-order valence-corrected chi connectivity index (χ4v) is 2.52. The zero-order valence-corrected chi connectivity index (χ0v) is 11.9. The van der Waals surface area contributed by atoms with Gasteiger partial charge in [-0.25, -0.2) is 4.79 Å². The number of rotatable bonds is 4. The van der Waals surface area contributed by atoms with Crippen molar-refractivity contribution in [2.24, 2.45) is 11.7 Å². The Balaban J connectivity index is 1.92. The van der Waals surface area contributed by atoms with Crippen LogP contribution < -0.4 is 11.1 Å². The molecule has 1 aliphatic rings. The first-order valence-electron chi connectivity index (χ1n) is 7.15. The molecule has 1 heterocycles. The Labute approximate surface area is 123 Å². The maximum atomic E-state index is 12.2. The highest BCUT2D eigenvalue weighted by molar-refractivity contribution is 5.93. The van der Waals surface area contributed by atoms with Gasteiger partial charge in [0.2, 0.25) is 5.91 Å². The van der Waals surface area contributed by atoms with E-state index in [0.717, 1.165) is 24.1 Å². The molecule has 1 aliphatic heterocycles. The number of piperidine rings is 1. The summed E-state index contributed by atoms with van der Waals surface area (Å²) in [4.78, 5) is 24.9. The molecular formula is C15H21N3O3. The number of aliphatic hydroxyl groups is 1. The lowest BCUT2D eigenvalue weighted by molar-refractivity contribution is -0.121. The number of nitrogens with two attached hydrogens (primary N) is 1. The van der Waals surface area contributed by atoms with Crippen LogP contribution in [0.5, 0.6) is 0 Å². The molecule has 2 rings (SSSR count). The number of nitrogens with zero attached hydrogens (tertiary/aromatic N) is 1. The van der Waals surface area contributed by atoms with Gasteiger partial charge in [0, 0.05) is 25.4 Å². The van der Waals surface area contributed by atoms with E-state index in [0.29, 0.717) is 19.5 Å². The van der Waals surface area contributed by atoms with Crippen molar-refractivity contribution in [2.75, 3.05) is 25.0 Å². The van der Waals surface area contributed by atoms with Gasteiger partial charge in [-0.2, -0.15) is 0 Å². The van der Waals surface area contributed by atoms with Gasteiger partial charge in [-0.05, 0) is 37.0 Å². The largest absolute Gasteiger partial charge is 0.396 e. The summed E-state index contributed by atoms with van der Waals surface area (Å²) in [6.07, 6.45) is 2.15. The highest BCUT2D eigenvalue weighted by Crippen LogP contribution is 2.19. The van der Waals surface area contributed by atoms with Crippen LogP contribution >= 0.6 is 0 Å². The Morgan fingerprint density at radius 1 is 1.33 bits per heavy atom. The monoisotopic (exact) mass is 291 g/mol. The summed E-state index contributed by atoms with van der Waals surface area (Å²) in [6, 6.07) is 6.92. The Kier molecular flexibility index (Phi) is 5.16. The summed E-state index contributed by atoms with van der Waals surface area (Å²) in [5.41, 5.74) is 7.00. The molecule has 114 valence electrons. The Bertz CT molecular complexity index is 501. The minimum Gasteiger partial charge on any atom is -0.396 e. The van der Waals surface area contributed by atoms with E-state index in [9.17, 15) is 9.59 Å².